The van der Waals surface area contributed by atoms with Crippen molar-refractivity contribution in [3.63, 3.8) is 0 Å². The summed E-state index contributed by atoms with van der Waals surface area (Å²) < 4.78 is 6.12. The second kappa shape index (κ2) is 8.12. The highest BCUT2D eigenvalue weighted by molar-refractivity contribution is 7.18. The molecule has 4 rings (SSSR count). The van der Waals surface area contributed by atoms with E-state index in [4.69, 9.17) is 16.3 Å². The molecule has 0 aromatic carbocycles. The van der Waals surface area contributed by atoms with E-state index < -0.39 is 0 Å². The summed E-state index contributed by atoms with van der Waals surface area (Å²) in [5, 5.41) is 2.99. The van der Waals surface area contributed by atoms with E-state index in [2.05, 4.69) is 17.3 Å². The van der Waals surface area contributed by atoms with Crippen molar-refractivity contribution in [2.45, 2.75) is 25.1 Å². The Balaban J connectivity index is 1.44. The topological polar surface area (TPSA) is 61.9 Å². The van der Waals surface area contributed by atoms with Crippen LogP contribution in [0.15, 0.2) is 18.2 Å². The summed E-state index contributed by atoms with van der Waals surface area (Å²) in [6, 6.07) is 5.19. The number of thiophene rings is 2. The number of carbonyl (C=O) groups excluding carboxylic acids is 2. The first-order valence-electron chi connectivity index (χ1n) is 9.13. The monoisotopic (exact) mass is 439 g/mol. The molecule has 1 fully saturated rings. The Morgan fingerprint density at radius 2 is 2.07 bits per heavy atom. The van der Waals surface area contributed by atoms with E-state index in [-0.39, 0.29) is 24.0 Å². The third kappa shape index (κ3) is 3.97. The molecule has 0 radical (unpaired) electrons. The standard InChI is InChI=1S/C19H22ClN3O3S2/c1-22-6-5-14-11(8-22)7-16(27-14)19(25)23-9-12(13(10-23)26-2)21-18(24)15-3-4-17(20)28-15/h3-4,7,12-13H,5-6,8-10H2,1-2H3,(H,21,24)/t12-,13-/m0/s1. The quantitative estimate of drug-likeness (QED) is 0.795. The molecule has 2 amide bonds. The van der Waals surface area contributed by atoms with Crippen molar-refractivity contribution in [1.29, 1.82) is 0 Å². The predicted molar refractivity (Wildman–Crippen MR) is 112 cm³/mol. The number of fused-ring (bicyclic) bond motifs is 1. The van der Waals surface area contributed by atoms with Crippen LogP contribution in [0, 0.1) is 0 Å². The van der Waals surface area contributed by atoms with Gasteiger partial charge in [0.2, 0.25) is 0 Å². The minimum Gasteiger partial charge on any atom is -0.377 e. The van der Waals surface area contributed by atoms with Crippen LogP contribution in [0.1, 0.15) is 29.8 Å². The molecule has 1 N–H and O–H groups in total. The number of nitrogens with zero attached hydrogens (tertiary/aromatic N) is 2. The Bertz CT molecular complexity index is 897. The molecule has 2 aliphatic rings. The van der Waals surface area contributed by atoms with Gasteiger partial charge in [-0.15, -0.1) is 22.7 Å². The number of hydrogen-bond acceptors (Lipinski definition) is 6. The molecule has 6 nitrogen and oxygen atoms in total. The van der Waals surface area contributed by atoms with E-state index in [1.807, 2.05) is 6.07 Å². The number of amides is 2. The van der Waals surface area contributed by atoms with Crippen molar-refractivity contribution in [2.24, 2.45) is 0 Å². The molecule has 0 bridgehead atoms. The summed E-state index contributed by atoms with van der Waals surface area (Å²) in [5.41, 5.74) is 1.25. The average molecular weight is 440 g/mol. The van der Waals surface area contributed by atoms with Crippen molar-refractivity contribution in [3.8, 4) is 0 Å². The van der Waals surface area contributed by atoms with Crippen LogP contribution in [0.5, 0.6) is 0 Å². The minimum absolute atomic E-state index is 0.0139. The Morgan fingerprint density at radius 1 is 1.25 bits per heavy atom. The fraction of sp³-hybridized carbons (Fsp3) is 0.474. The molecule has 0 spiro atoms. The van der Waals surface area contributed by atoms with Gasteiger partial charge in [-0.1, -0.05) is 11.6 Å². The van der Waals surface area contributed by atoms with Crippen molar-refractivity contribution in [3.05, 3.63) is 42.7 Å². The molecule has 150 valence electrons. The van der Waals surface area contributed by atoms with E-state index in [9.17, 15) is 9.59 Å². The second-order valence-electron chi connectivity index (χ2n) is 7.21. The summed E-state index contributed by atoms with van der Waals surface area (Å²) in [7, 11) is 3.71. The highest BCUT2D eigenvalue weighted by Crippen LogP contribution is 2.29. The highest BCUT2D eigenvalue weighted by Gasteiger charge is 2.37. The lowest BCUT2D eigenvalue weighted by Crippen LogP contribution is -2.43. The maximum Gasteiger partial charge on any atom is 0.264 e. The Hall–Kier alpha value is -1.45. The molecular weight excluding hydrogens is 418 g/mol. The van der Waals surface area contributed by atoms with Gasteiger partial charge in [0.25, 0.3) is 11.8 Å². The number of likely N-dealkylation sites (N-methyl/N-ethyl adjacent to an activating group) is 1. The number of halogens is 1. The molecule has 9 heteroatoms. The molecule has 0 unspecified atom stereocenters. The summed E-state index contributed by atoms with van der Waals surface area (Å²) in [6.45, 7) is 2.82. The Kier molecular flexibility index (Phi) is 5.76. The second-order valence-corrected chi connectivity index (χ2v) is 10.1. The van der Waals surface area contributed by atoms with Gasteiger partial charge in [0.15, 0.2) is 0 Å². The number of hydrogen-bond donors (Lipinski definition) is 1. The van der Waals surface area contributed by atoms with Gasteiger partial charge in [-0.25, -0.2) is 0 Å². The zero-order valence-corrected chi connectivity index (χ0v) is 18.1. The van der Waals surface area contributed by atoms with Gasteiger partial charge in [0.1, 0.15) is 0 Å². The Labute approximate surface area is 177 Å². The smallest absolute Gasteiger partial charge is 0.264 e. The van der Waals surface area contributed by atoms with E-state index in [0.717, 1.165) is 24.4 Å². The van der Waals surface area contributed by atoms with Crippen LogP contribution in [0.4, 0.5) is 0 Å². The largest absolute Gasteiger partial charge is 0.377 e. The first-order valence-corrected chi connectivity index (χ1v) is 11.1. The van der Waals surface area contributed by atoms with E-state index >= 15 is 0 Å². The third-order valence-electron chi connectivity index (χ3n) is 5.24. The molecule has 0 saturated carbocycles. The summed E-state index contributed by atoms with van der Waals surface area (Å²) >= 11 is 8.75. The Morgan fingerprint density at radius 3 is 2.79 bits per heavy atom. The number of carbonyl (C=O) groups is 2. The van der Waals surface area contributed by atoms with Gasteiger partial charge in [-0.2, -0.15) is 0 Å². The van der Waals surface area contributed by atoms with Gasteiger partial charge in [-0.3, -0.25) is 9.59 Å². The van der Waals surface area contributed by atoms with Crippen LogP contribution in [0.3, 0.4) is 0 Å². The molecule has 28 heavy (non-hydrogen) atoms. The number of ether oxygens (including phenoxy) is 1. The van der Waals surface area contributed by atoms with Crippen molar-refractivity contribution in [2.75, 3.05) is 33.8 Å². The van der Waals surface area contributed by atoms with Gasteiger partial charge in [-0.05, 0) is 37.2 Å². The van der Waals surface area contributed by atoms with Crippen LogP contribution < -0.4 is 5.32 Å². The van der Waals surface area contributed by atoms with Crippen LogP contribution in [-0.4, -0.2) is 67.6 Å². The highest BCUT2D eigenvalue weighted by atomic mass is 35.5. The lowest BCUT2D eigenvalue weighted by molar-refractivity contribution is 0.0695. The fourth-order valence-electron chi connectivity index (χ4n) is 3.73. The zero-order valence-electron chi connectivity index (χ0n) is 15.7. The van der Waals surface area contributed by atoms with E-state index in [1.165, 1.54) is 21.8 Å². The average Bonchev–Trinajstić information content (AvgIpc) is 3.38. The maximum absolute atomic E-state index is 13.1. The van der Waals surface area contributed by atoms with Crippen LogP contribution in [-0.2, 0) is 17.7 Å². The number of nitrogens with one attached hydrogen (secondary N) is 1. The normalized spacial score (nSPS) is 22.3. The third-order valence-corrected chi connectivity index (χ3v) is 7.69. The van der Waals surface area contributed by atoms with E-state index in [0.29, 0.717) is 22.3 Å². The van der Waals surface area contributed by atoms with Gasteiger partial charge in [0, 0.05) is 38.2 Å². The minimum atomic E-state index is -0.247. The summed E-state index contributed by atoms with van der Waals surface area (Å²) in [6.07, 6.45) is 0.760. The predicted octanol–water partition coefficient (Wildman–Crippen LogP) is 2.72. The molecule has 1 saturated heterocycles. The molecule has 0 aliphatic carbocycles. The first-order chi connectivity index (χ1) is 13.4. The van der Waals surface area contributed by atoms with E-state index in [1.54, 1.807) is 35.5 Å². The van der Waals surface area contributed by atoms with Crippen LogP contribution >= 0.6 is 34.3 Å². The number of rotatable bonds is 4. The molecule has 2 aromatic rings. The summed E-state index contributed by atoms with van der Waals surface area (Å²) in [4.78, 5) is 32.2. The zero-order chi connectivity index (χ0) is 19.8. The van der Waals surface area contributed by atoms with Gasteiger partial charge >= 0.3 is 0 Å². The molecule has 2 aliphatic heterocycles. The maximum atomic E-state index is 13.1. The first kappa shape index (κ1) is 19.8. The molecule has 2 aromatic heterocycles. The van der Waals surface area contributed by atoms with Crippen LogP contribution in [0.2, 0.25) is 4.34 Å². The lowest BCUT2D eigenvalue weighted by atomic mass is 10.1. The van der Waals surface area contributed by atoms with Crippen molar-refractivity contribution >= 4 is 46.1 Å². The van der Waals surface area contributed by atoms with Gasteiger partial charge in [0.05, 0.1) is 26.2 Å². The van der Waals surface area contributed by atoms with Gasteiger partial charge < -0.3 is 19.9 Å². The molecule has 4 heterocycles. The van der Waals surface area contributed by atoms with Crippen LogP contribution in [0.25, 0.3) is 0 Å². The summed E-state index contributed by atoms with van der Waals surface area (Å²) in [5.74, 6) is -0.173. The SMILES string of the molecule is CO[C@H]1CN(C(=O)c2cc3c(s2)CCN(C)C3)C[C@@H]1NC(=O)c1ccc(Cl)s1. The lowest BCUT2D eigenvalue weighted by Gasteiger charge is -2.21. The molecule has 2 atom stereocenters. The molecular formula is C19H22ClN3O3S2. The van der Waals surface area contributed by atoms with Crippen molar-refractivity contribution < 1.29 is 14.3 Å². The number of likely N-dealkylation sites (tertiary alicyclic amines) is 1. The fourth-order valence-corrected chi connectivity index (χ4v) is 5.81. The van der Waals surface area contributed by atoms with Crippen molar-refractivity contribution in [1.82, 2.24) is 15.1 Å². The number of methoxy groups -OCH3 is 1.